The van der Waals surface area contributed by atoms with Gasteiger partial charge in [-0.1, -0.05) is 23.2 Å². The number of nitrogens with one attached hydrogen (secondary N) is 1. The van der Waals surface area contributed by atoms with Crippen LogP contribution in [0.15, 0.2) is 16.6 Å². The fraction of sp³-hybridized carbons (Fsp3) is 0.294. The lowest BCUT2D eigenvalue weighted by Gasteiger charge is -2.11. The molecule has 0 aliphatic heterocycles. The number of benzene rings is 1. The van der Waals surface area contributed by atoms with Gasteiger partial charge in [-0.05, 0) is 52.9 Å². The molecule has 0 unspecified atom stereocenters. The van der Waals surface area contributed by atoms with Gasteiger partial charge in [0.1, 0.15) is 5.00 Å². The zero-order valence-corrected chi connectivity index (χ0v) is 17.6. The van der Waals surface area contributed by atoms with Crippen LogP contribution in [0.25, 0.3) is 0 Å². The number of amides is 1. The number of ether oxygens (including phenoxy) is 2. The summed E-state index contributed by atoms with van der Waals surface area (Å²) in [6.07, 6.45) is 2.73. The maximum Gasteiger partial charge on any atom is 0.341 e. The zero-order valence-electron chi connectivity index (χ0n) is 13.7. The van der Waals surface area contributed by atoms with Crippen molar-refractivity contribution in [3.63, 3.8) is 0 Å². The van der Waals surface area contributed by atoms with Gasteiger partial charge in [-0.15, -0.1) is 11.3 Å². The van der Waals surface area contributed by atoms with Crippen LogP contribution in [0, 0.1) is 0 Å². The van der Waals surface area contributed by atoms with Crippen molar-refractivity contribution in [3.05, 3.63) is 42.7 Å². The van der Waals surface area contributed by atoms with E-state index in [1.54, 1.807) is 6.07 Å². The second-order valence-electron chi connectivity index (χ2n) is 5.59. The topological polar surface area (TPSA) is 64.6 Å². The molecule has 138 valence electrons. The number of esters is 1. The highest BCUT2D eigenvalue weighted by atomic mass is 79.9. The van der Waals surface area contributed by atoms with E-state index in [4.69, 9.17) is 32.7 Å². The Balaban J connectivity index is 1.73. The zero-order chi connectivity index (χ0) is 18.8. The number of rotatable bonds is 5. The molecule has 1 amide bonds. The number of carbonyl (C=O) groups excluding carboxylic acids is 2. The average Bonchev–Trinajstić information content (AvgIpc) is 3.13. The van der Waals surface area contributed by atoms with Crippen molar-refractivity contribution >= 4 is 67.3 Å². The van der Waals surface area contributed by atoms with Crippen LogP contribution in [0.4, 0.5) is 5.00 Å². The van der Waals surface area contributed by atoms with Gasteiger partial charge < -0.3 is 14.8 Å². The summed E-state index contributed by atoms with van der Waals surface area (Å²) in [5.74, 6) is -0.509. The third kappa shape index (κ3) is 4.01. The SMILES string of the molecule is COC(=O)c1c(NC(=O)COc2c(Cl)cc(Cl)cc2Br)sc2c1CCC2. The molecule has 0 spiro atoms. The number of fused-ring (bicyclic) bond motifs is 1. The Kier molecular flexibility index (Phi) is 6.12. The number of halogens is 3. The standard InChI is InChI=1S/C17H14BrCl2NO4S/c1-24-17(23)14-9-3-2-4-12(9)26-16(14)21-13(22)7-25-15-10(18)5-8(19)6-11(15)20/h5-6H,2-4,7H2,1H3,(H,21,22). The molecule has 5 nitrogen and oxygen atoms in total. The quantitative estimate of drug-likeness (QED) is 0.606. The predicted octanol–water partition coefficient (Wildman–Crippen LogP) is 5.11. The van der Waals surface area contributed by atoms with E-state index < -0.39 is 11.9 Å². The molecule has 9 heteroatoms. The summed E-state index contributed by atoms with van der Waals surface area (Å²) in [7, 11) is 1.33. The summed E-state index contributed by atoms with van der Waals surface area (Å²) in [4.78, 5) is 25.5. The van der Waals surface area contributed by atoms with Gasteiger partial charge in [0.05, 0.1) is 22.2 Å². The lowest BCUT2D eigenvalue weighted by Crippen LogP contribution is -2.21. The summed E-state index contributed by atoms with van der Waals surface area (Å²) in [5, 5.41) is 3.99. The first-order chi connectivity index (χ1) is 12.4. The smallest absolute Gasteiger partial charge is 0.341 e. The molecule has 0 bridgehead atoms. The molecular formula is C17H14BrCl2NO4S. The highest BCUT2D eigenvalue weighted by Crippen LogP contribution is 2.40. The molecule has 1 N–H and O–H groups in total. The average molecular weight is 479 g/mol. The number of anilines is 1. The first-order valence-corrected chi connectivity index (χ1v) is 10.1. The summed E-state index contributed by atoms with van der Waals surface area (Å²) in [6, 6.07) is 3.15. The molecule has 0 saturated carbocycles. The van der Waals surface area contributed by atoms with Crippen LogP contribution in [0.5, 0.6) is 5.75 Å². The van der Waals surface area contributed by atoms with Crippen molar-refractivity contribution in [1.29, 1.82) is 0 Å². The minimum absolute atomic E-state index is 0.261. The number of hydrogen-bond donors (Lipinski definition) is 1. The van der Waals surface area contributed by atoms with E-state index in [1.807, 2.05) is 0 Å². The normalized spacial score (nSPS) is 12.6. The number of aryl methyl sites for hydroxylation is 1. The monoisotopic (exact) mass is 477 g/mol. The van der Waals surface area contributed by atoms with Crippen LogP contribution in [0.3, 0.4) is 0 Å². The molecule has 0 fully saturated rings. The van der Waals surface area contributed by atoms with Crippen molar-refractivity contribution < 1.29 is 19.1 Å². The molecule has 1 aromatic carbocycles. The van der Waals surface area contributed by atoms with Crippen LogP contribution < -0.4 is 10.1 Å². The van der Waals surface area contributed by atoms with E-state index in [0.29, 0.717) is 30.8 Å². The van der Waals surface area contributed by atoms with Crippen LogP contribution in [-0.2, 0) is 22.4 Å². The summed E-state index contributed by atoms with van der Waals surface area (Å²) in [6.45, 7) is -0.261. The van der Waals surface area contributed by atoms with Gasteiger partial charge in [0.25, 0.3) is 5.91 Å². The van der Waals surface area contributed by atoms with E-state index in [2.05, 4.69) is 21.2 Å². The molecule has 3 rings (SSSR count). The van der Waals surface area contributed by atoms with Crippen LogP contribution >= 0.6 is 50.5 Å². The van der Waals surface area contributed by atoms with Crippen molar-refractivity contribution in [3.8, 4) is 5.75 Å². The predicted molar refractivity (Wildman–Crippen MR) is 106 cm³/mol. The van der Waals surface area contributed by atoms with E-state index in [1.165, 1.54) is 24.5 Å². The molecule has 1 heterocycles. The lowest BCUT2D eigenvalue weighted by molar-refractivity contribution is -0.118. The third-order valence-electron chi connectivity index (χ3n) is 3.87. The Labute approximate surface area is 172 Å². The van der Waals surface area contributed by atoms with E-state index in [0.717, 1.165) is 29.7 Å². The largest absolute Gasteiger partial charge is 0.481 e. The Morgan fingerprint density at radius 2 is 2.08 bits per heavy atom. The number of thiophene rings is 1. The van der Waals surface area contributed by atoms with E-state index in [9.17, 15) is 9.59 Å². The molecule has 0 saturated heterocycles. The molecule has 1 aliphatic rings. The van der Waals surface area contributed by atoms with Crippen molar-refractivity contribution in [2.45, 2.75) is 19.3 Å². The van der Waals surface area contributed by atoms with Crippen LogP contribution in [-0.4, -0.2) is 25.6 Å². The highest BCUT2D eigenvalue weighted by molar-refractivity contribution is 9.10. The molecule has 0 atom stereocenters. The number of methoxy groups -OCH3 is 1. The van der Waals surface area contributed by atoms with Gasteiger partial charge in [0.2, 0.25) is 0 Å². The minimum Gasteiger partial charge on any atom is -0.481 e. The first-order valence-electron chi connectivity index (χ1n) is 7.70. The second kappa shape index (κ2) is 8.17. The molecule has 1 aromatic heterocycles. The van der Waals surface area contributed by atoms with Crippen LogP contribution in [0.2, 0.25) is 10.0 Å². The van der Waals surface area contributed by atoms with E-state index in [-0.39, 0.29) is 6.61 Å². The molecule has 0 radical (unpaired) electrons. The van der Waals surface area contributed by atoms with E-state index >= 15 is 0 Å². The fourth-order valence-corrected chi connectivity index (χ4v) is 5.44. The Bertz CT molecular complexity index is 861. The minimum atomic E-state index is -0.441. The van der Waals surface area contributed by atoms with Gasteiger partial charge >= 0.3 is 5.97 Å². The fourth-order valence-electron chi connectivity index (χ4n) is 2.78. The first kappa shape index (κ1) is 19.5. The van der Waals surface area contributed by atoms with Crippen molar-refractivity contribution in [2.24, 2.45) is 0 Å². The summed E-state index contributed by atoms with van der Waals surface area (Å²) in [5.41, 5.74) is 1.42. The summed E-state index contributed by atoms with van der Waals surface area (Å²) < 4.78 is 10.9. The van der Waals surface area contributed by atoms with Crippen LogP contribution in [0.1, 0.15) is 27.2 Å². The Morgan fingerprint density at radius 1 is 1.31 bits per heavy atom. The highest BCUT2D eigenvalue weighted by Gasteiger charge is 2.28. The van der Waals surface area contributed by atoms with Crippen molar-refractivity contribution in [2.75, 3.05) is 19.0 Å². The molecule has 2 aromatic rings. The van der Waals surface area contributed by atoms with Gasteiger partial charge in [0.15, 0.2) is 12.4 Å². The van der Waals surface area contributed by atoms with Gasteiger partial charge in [0, 0.05) is 9.90 Å². The number of hydrogen-bond acceptors (Lipinski definition) is 5. The van der Waals surface area contributed by atoms with Crippen molar-refractivity contribution in [1.82, 2.24) is 0 Å². The Hall–Kier alpha value is -1.28. The third-order valence-corrected chi connectivity index (χ3v) is 6.17. The van der Waals surface area contributed by atoms with Gasteiger partial charge in [-0.25, -0.2) is 4.79 Å². The Morgan fingerprint density at radius 3 is 2.77 bits per heavy atom. The molecule has 26 heavy (non-hydrogen) atoms. The number of carbonyl (C=O) groups is 2. The maximum atomic E-state index is 12.3. The summed E-state index contributed by atoms with van der Waals surface area (Å²) >= 11 is 16.7. The maximum absolute atomic E-state index is 12.3. The molecule has 1 aliphatic carbocycles. The van der Waals surface area contributed by atoms with Gasteiger partial charge in [-0.2, -0.15) is 0 Å². The van der Waals surface area contributed by atoms with Gasteiger partial charge in [-0.3, -0.25) is 4.79 Å². The lowest BCUT2D eigenvalue weighted by atomic mass is 10.1. The second-order valence-corrected chi connectivity index (χ2v) is 8.39. The molecular weight excluding hydrogens is 465 g/mol.